The van der Waals surface area contributed by atoms with Gasteiger partial charge in [0.05, 0.1) is 23.1 Å². The molecule has 1 N–H and O–H groups in total. The predicted octanol–water partition coefficient (Wildman–Crippen LogP) is 4.18. The number of pyridine rings is 1. The first-order chi connectivity index (χ1) is 14.3. The van der Waals surface area contributed by atoms with Crippen molar-refractivity contribution in [3.05, 3.63) is 71.8 Å². The van der Waals surface area contributed by atoms with Gasteiger partial charge in [0.2, 0.25) is 0 Å². The molecule has 2 heterocycles. The molecular formula is C21H21F3N4O2. The summed E-state index contributed by atoms with van der Waals surface area (Å²) < 4.78 is 39.9. The van der Waals surface area contributed by atoms with Crippen LogP contribution in [0.2, 0.25) is 0 Å². The molecule has 1 aromatic carbocycles. The van der Waals surface area contributed by atoms with Gasteiger partial charge in [-0.15, -0.1) is 0 Å². The normalized spacial score (nSPS) is 11.8. The monoisotopic (exact) mass is 418 g/mol. The third kappa shape index (κ3) is 5.44. The number of aromatic nitrogens is 3. The van der Waals surface area contributed by atoms with Crippen molar-refractivity contribution in [3.8, 4) is 11.4 Å². The minimum atomic E-state index is -4.33. The molecule has 3 aromatic rings. The van der Waals surface area contributed by atoms with Crippen molar-refractivity contribution in [1.29, 1.82) is 0 Å². The van der Waals surface area contributed by atoms with E-state index in [9.17, 15) is 18.0 Å². The van der Waals surface area contributed by atoms with Gasteiger partial charge in [0.15, 0.2) is 0 Å². The van der Waals surface area contributed by atoms with E-state index in [-0.39, 0.29) is 5.56 Å². The molecule has 0 aliphatic rings. The first-order valence-electron chi connectivity index (χ1n) is 9.36. The van der Waals surface area contributed by atoms with E-state index >= 15 is 0 Å². The lowest BCUT2D eigenvalue weighted by atomic mass is 10.1. The van der Waals surface area contributed by atoms with Gasteiger partial charge >= 0.3 is 12.1 Å². The number of carboxylic acids is 1. The number of alkyl halides is 3. The van der Waals surface area contributed by atoms with Crippen LogP contribution in [0.4, 0.5) is 13.2 Å². The molecule has 158 valence electrons. The lowest BCUT2D eigenvalue weighted by Crippen LogP contribution is -2.26. The van der Waals surface area contributed by atoms with Crippen molar-refractivity contribution in [2.45, 2.75) is 26.2 Å². The molecule has 0 radical (unpaired) electrons. The summed E-state index contributed by atoms with van der Waals surface area (Å²) >= 11 is 0. The number of carbonyl (C=O) groups is 1. The first-order valence-corrected chi connectivity index (χ1v) is 9.36. The average molecular weight is 418 g/mol. The number of likely N-dealkylation sites (N-methyl/N-ethyl adjacent to an activating group) is 1. The fourth-order valence-corrected chi connectivity index (χ4v) is 2.98. The van der Waals surface area contributed by atoms with Crippen molar-refractivity contribution < 1.29 is 23.1 Å². The Kier molecular flexibility index (Phi) is 6.51. The summed E-state index contributed by atoms with van der Waals surface area (Å²) in [6, 6.07) is 8.10. The number of hydrogen-bond donors (Lipinski definition) is 1. The van der Waals surface area contributed by atoms with Gasteiger partial charge in [-0.25, -0.2) is 9.78 Å². The lowest BCUT2D eigenvalue weighted by Gasteiger charge is -2.21. The third-order valence-electron chi connectivity index (χ3n) is 4.71. The van der Waals surface area contributed by atoms with Crippen LogP contribution in [0.25, 0.3) is 11.4 Å². The summed E-state index contributed by atoms with van der Waals surface area (Å²) in [6.07, 6.45) is 0.540. The summed E-state index contributed by atoms with van der Waals surface area (Å²) in [5, 5.41) is 9.10. The van der Waals surface area contributed by atoms with Crippen molar-refractivity contribution in [1.82, 2.24) is 19.4 Å². The van der Waals surface area contributed by atoms with Crippen LogP contribution >= 0.6 is 0 Å². The van der Waals surface area contributed by atoms with Crippen LogP contribution < -0.4 is 0 Å². The lowest BCUT2D eigenvalue weighted by molar-refractivity contribution is -0.137. The molecule has 0 bridgehead atoms. The van der Waals surface area contributed by atoms with Crippen LogP contribution in [0.1, 0.15) is 28.4 Å². The van der Waals surface area contributed by atoms with Crippen molar-refractivity contribution in [2.75, 3.05) is 13.1 Å². The molecule has 3 rings (SSSR count). The Hall–Kier alpha value is -3.20. The zero-order valence-electron chi connectivity index (χ0n) is 16.3. The van der Waals surface area contributed by atoms with Gasteiger partial charge in [0.25, 0.3) is 0 Å². The second kappa shape index (κ2) is 9.08. The molecule has 0 amide bonds. The Morgan fingerprint density at radius 3 is 2.50 bits per heavy atom. The van der Waals surface area contributed by atoms with E-state index in [1.165, 1.54) is 30.5 Å². The standard InChI is InChI=1S/C21H21F3N4O2/c1-2-27(12-15-3-5-17(6-4-15)21(22,23)24)9-10-28-13-19(26-14-28)18-11-16(20(29)30)7-8-25-18/h3-8,11,13-14H,2,9-10,12H2,1H3,(H,29,30). The topological polar surface area (TPSA) is 71.2 Å². The number of imidazole rings is 1. The van der Waals surface area contributed by atoms with Gasteiger partial charge in [-0.3, -0.25) is 9.88 Å². The number of halogens is 3. The molecular weight excluding hydrogens is 397 g/mol. The van der Waals surface area contributed by atoms with E-state index in [1.807, 2.05) is 11.5 Å². The molecule has 6 nitrogen and oxygen atoms in total. The summed E-state index contributed by atoms with van der Waals surface area (Å²) in [5.74, 6) is -1.03. The zero-order valence-corrected chi connectivity index (χ0v) is 16.3. The van der Waals surface area contributed by atoms with Gasteiger partial charge in [-0.1, -0.05) is 19.1 Å². The third-order valence-corrected chi connectivity index (χ3v) is 4.71. The molecule has 0 aliphatic carbocycles. The summed E-state index contributed by atoms with van der Waals surface area (Å²) in [6.45, 7) is 4.57. The molecule has 9 heteroatoms. The summed E-state index contributed by atoms with van der Waals surface area (Å²) in [4.78, 5) is 21.7. The zero-order chi connectivity index (χ0) is 21.7. The van der Waals surface area contributed by atoms with Crippen LogP contribution in [0, 0.1) is 0 Å². The Balaban J connectivity index is 1.60. The highest BCUT2D eigenvalue weighted by Gasteiger charge is 2.29. The highest BCUT2D eigenvalue weighted by atomic mass is 19.4. The maximum Gasteiger partial charge on any atom is 0.416 e. The van der Waals surface area contributed by atoms with Gasteiger partial charge < -0.3 is 9.67 Å². The van der Waals surface area contributed by atoms with Gasteiger partial charge in [0.1, 0.15) is 5.69 Å². The summed E-state index contributed by atoms with van der Waals surface area (Å²) in [5.41, 5.74) is 1.35. The Morgan fingerprint density at radius 2 is 1.87 bits per heavy atom. The molecule has 0 aliphatic heterocycles. The Morgan fingerprint density at radius 1 is 1.13 bits per heavy atom. The quantitative estimate of drug-likeness (QED) is 0.594. The second-order valence-corrected chi connectivity index (χ2v) is 6.80. The fourth-order valence-electron chi connectivity index (χ4n) is 2.98. The van der Waals surface area contributed by atoms with Gasteiger partial charge in [-0.05, 0) is 36.4 Å². The van der Waals surface area contributed by atoms with Crippen LogP contribution in [0.5, 0.6) is 0 Å². The minimum absolute atomic E-state index is 0.142. The summed E-state index contributed by atoms with van der Waals surface area (Å²) in [7, 11) is 0. The number of carboxylic acid groups (broad SMARTS) is 1. The molecule has 30 heavy (non-hydrogen) atoms. The van der Waals surface area contributed by atoms with Crippen LogP contribution in [-0.2, 0) is 19.3 Å². The number of rotatable bonds is 8. The van der Waals surface area contributed by atoms with E-state index in [2.05, 4.69) is 14.9 Å². The van der Waals surface area contributed by atoms with E-state index in [0.717, 1.165) is 24.2 Å². The highest BCUT2D eigenvalue weighted by Crippen LogP contribution is 2.29. The van der Waals surface area contributed by atoms with Crippen LogP contribution in [0.3, 0.4) is 0 Å². The largest absolute Gasteiger partial charge is 0.478 e. The van der Waals surface area contributed by atoms with E-state index in [0.29, 0.717) is 31.0 Å². The molecule has 0 saturated carbocycles. The SMILES string of the molecule is CCN(CCn1cnc(-c2cc(C(=O)O)ccn2)c1)Cc1ccc(C(F)(F)F)cc1. The number of hydrogen-bond acceptors (Lipinski definition) is 4. The van der Waals surface area contributed by atoms with E-state index in [1.54, 1.807) is 12.5 Å². The number of nitrogens with zero attached hydrogens (tertiary/aromatic N) is 4. The molecule has 0 atom stereocenters. The Bertz CT molecular complexity index is 1000. The minimum Gasteiger partial charge on any atom is -0.478 e. The van der Waals surface area contributed by atoms with Crippen molar-refractivity contribution in [2.24, 2.45) is 0 Å². The smallest absolute Gasteiger partial charge is 0.416 e. The maximum absolute atomic E-state index is 12.7. The van der Waals surface area contributed by atoms with E-state index in [4.69, 9.17) is 5.11 Å². The molecule has 0 fully saturated rings. The molecule has 0 spiro atoms. The van der Waals surface area contributed by atoms with Gasteiger partial charge in [-0.2, -0.15) is 13.2 Å². The van der Waals surface area contributed by atoms with E-state index < -0.39 is 17.7 Å². The van der Waals surface area contributed by atoms with Crippen molar-refractivity contribution >= 4 is 5.97 Å². The first kappa shape index (κ1) is 21.5. The highest BCUT2D eigenvalue weighted by molar-refractivity contribution is 5.88. The van der Waals surface area contributed by atoms with Crippen molar-refractivity contribution in [3.63, 3.8) is 0 Å². The van der Waals surface area contributed by atoms with Gasteiger partial charge in [0, 0.05) is 32.0 Å². The van der Waals surface area contributed by atoms with Crippen LogP contribution in [0.15, 0.2) is 55.1 Å². The fraction of sp³-hybridized carbons (Fsp3) is 0.286. The second-order valence-electron chi connectivity index (χ2n) is 6.80. The Labute approximate surface area is 171 Å². The number of aromatic carboxylic acids is 1. The van der Waals surface area contributed by atoms with Crippen LogP contribution in [-0.4, -0.2) is 43.6 Å². The molecule has 0 unspecified atom stereocenters. The average Bonchev–Trinajstić information content (AvgIpc) is 3.20. The number of benzene rings is 1. The predicted molar refractivity (Wildman–Crippen MR) is 105 cm³/mol. The molecule has 0 saturated heterocycles. The maximum atomic E-state index is 12.7. The molecule has 2 aromatic heterocycles.